The molecule has 2 atom stereocenters. The quantitative estimate of drug-likeness (QED) is 0.729. The van der Waals surface area contributed by atoms with E-state index in [2.05, 4.69) is 5.32 Å². The van der Waals surface area contributed by atoms with Gasteiger partial charge in [-0.25, -0.2) is 9.59 Å². The lowest BCUT2D eigenvalue weighted by Crippen LogP contribution is -2.66. The SMILES string of the molecule is CC(C)C(Oc1ccccc1)C(C)(C)[C@@](C)(NC(=O)OC(C)(C)C)C(=O)O. The van der Waals surface area contributed by atoms with Gasteiger partial charge in [0.25, 0.3) is 0 Å². The average molecular weight is 379 g/mol. The van der Waals surface area contributed by atoms with Crippen LogP contribution in [0.15, 0.2) is 30.3 Å². The fraction of sp³-hybridized carbons (Fsp3) is 0.619. The highest BCUT2D eigenvalue weighted by Gasteiger charge is 2.55. The molecule has 0 saturated carbocycles. The molecular formula is C21H33NO5. The second-order valence-corrected chi connectivity index (χ2v) is 8.87. The zero-order valence-electron chi connectivity index (χ0n) is 17.6. The third-order valence-electron chi connectivity index (χ3n) is 4.79. The number of nitrogens with one attached hydrogen (secondary N) is 1. The second-order valence-electron chi connectivity index (χ2n) is 8.87. The molecule has 1 aromatic carbocycles. The van der Waals surface area contributed by atoms with Gasteiger partial charge in [-0.15, -0.1) is 0 Å². The second kappa shape index (κ2) is 8.19. The van der Waals surface area contributed by atoms with E-state index in [9.17, 15) is 14.7 Å². The van der Waals surface area contributed by atoms with Crippen LogP contribution in [0.4, 0.5) is 4.79 Å². The Kier molecular flexibility index (Phi) is 6.92. The molecule has 0 radical (unpaired) electrons. The van der Waals surface area contributed by atoms with Gasteiger partial charge in [0.1, 0.15) is 23.0 Å². The van der Waals surface area contributed by atoms with Crippen LogP contribution in [0.1, 0.15) is 55.4 Å². The number of alkyl carbamates (subject to hydrolysis) is 1. The number of carbonyl (C=O) groups excluding carboxylic acids is 1. The maximum Gasteiger partial charge on any atom is 0.408 e. The number of rotatable bonds is 7. The van der Waals surface area contributed by atoms with Crippen LogP contribution in [0, 0.1) is 11.3 Å². The molecule has 0 aromatic heterocycles. The van der Waals surface area contributed by atoms with Gasteiger partial charge >= 0.3 is 12.1 Å². The van der Waals surface area contributed by atoms with E-state index in [4.69, 9.17) is 9.47 Å². The van der Waals surface area contributed by atoms with Gasteiger partial charge in [0.15, 0.2) is 0 Å². The Morgan fingerprint density at radius 2 is 1.52 bits per heavy atom. The summed E-state index contributed by atoms with van der Waals surface area (Å²) in [6.45, 7) is 14.2. The number of benzene rings is 1. The first-order chi connectivity index (χ1) is 12.2. The lowest BCUT2D eigenvalue weighted by atomic mass is 9.66. The van der Waals surface area contributed by atoms with Gasteiger partial charge in [-0.05, 0) is 45.7 Å². The van der Waals surface area contributed by atoms with Crippen LogP contribution in [-0.2, 0) is 9.53 Å². The average Bonchev–Trinajstić information content (AvgIpc) is 2.50. The van der Waals surface area contributed by atoms with Crippen LogP contribution in [-0.4, -0.2) is 34.4 Å². The molecule has 1 rings (SSSR count). The van der Waals surface area contributed by atoms with Crippen molar-refractivity contribution in [3.05, 3.63) is 30.3 Å². The predicted octanol–water partition coefficient (Wildman–Crippen LogP) is 4.48. The Labute approximate surface area is 162 Å². The molecule has 1 unspecified atom stereocenters. The summed E-state index contributed by atoms with van der Waals surface area (Å²) in [5.74, 6) is -0.505. The molecule has 0 fully saturated rings. The fourth-order valence-electron chi connectivity index (χ4n) is 3.04. The summed E-state index contributed by atoms with van der Waals surface area (Å²) < 4.78 is 11.4. The molecule has 152 valence electrons. The molecule has 0 spiro atoms. The number of ether oxygens (including phenoxy) is 2. The van der Waals surface area contributed by atoms with E-state index in [0.717, 1.165) is 0 Å². The normalized spacial score (nSPS) is 15.6. The summed E-state index contributed by atoms with van der Waals surface area (Å²) in [6, 6.07) is 9.24. The minimum Gasteiger partial charge on any atom is -0.490 e. The molecule has 1 amide bonds. The number of carboxylic acid groups (broad SMARTS) is 1. The van der Waals surface area contributed by atoms with Crippen LogP contribution in [0.2, 0.25) is 0 Å². The summed E-state index contributed by atoms with van der Waals surface area (Å²) >= 11 is 0. The van der Waals surface area contributed by atoms with Crippen LogP contribution >= 0.6 is 0 Å². The molecule has 6 heteroatoms. The first-order valence-corrected chi connectivity index (χ1v) is 9.17. The first-order valence-electron chi connectivity index (χ1n) is 9.17. The summed E-state index contributed by atoms with van der Waals surface area (Å²) in [6.07, 6.45) is -1.25. The Morgan fingerprint density at radius 1 is 1.00 bits per heavy atom. The standard InChI is InChI=1S/C21H33NO5/c1-14(2)16(26-15-12-10-9-11-13-15)20(6,7)21(8,17(23)24)22-18(25)27-19(3,4)5/h9-14,16H,1-8H3,(H,22,25)(H,23,24)/t16?,21-/m0/s1. The molecule has 0 aliphatic rings. The van der Waals surface area contributed by atoms with Crippen LogP contribution < -0.4 is 10.1 Å². The van der Waals surface area contributed by atoms with E-state index in [-0.39, 0.29) is 5.92 Å². The van der Waals surface area contributed by atoms with Crippen molar-refractivity contribution in [3.63, 3.8) is 0 Å². The monoisotopic (exact) mass is 379 g/mol. The molecule has 2 N–H and O–H groups in total. The molecule has 0 aliphatic heterocycles. The Bertz CT molecular complexity index is 648. The molecule has 0 aliphatic carbocycles. The lowest BCUT2D eigenvalue weighted by Gasteiger charge is -2.47. The van der Waals surface area contributed by atoms with Gasteiger partial charge in [-0.2, -0.15) is 0 Å². The van der Waals surface area contributed by atoms with Crippen molar-refractivity contribution >= 4 is 12.1 Å². The molecule has 0 bridgehead atoms. The number of aliphatic carboxylic acids is 1. The molecule has 0 saturated heterocycles. The molecule has 6 nitrogen and oxygen atoms in total. The van der Waals surface area contributed by atoms with E-state index in [1.54, 1.807) is 34.6 Å². The van der Waals surface area contributed by atoms with E-state index < -0.39 is 34.7 Å². The van der Waals surface area contributed by atoms with Crippen LogP contribution in [0.5, 0.6) is 5.75 Å². The zero-order chi connectivity index (χ0) is 21.0. The number of carbonyl (C=O) groups is 2. The van der Waals surface area contributed by atoms with E-state index in [1.807, 2.05) is 44.2 Å². The highest BCUT2D eigenvalue weighted by atomic mass is 16.6. The van der Waals surface area contributed by atoms with Crippen molar-refractivity contribution in [2.75, 3.05) is 0 Å². The molecule has 0 heterocycles. The number of hydrogen-bond donors (Lipinski definition) is 2. The minimum absolute atomic E-state index is 0.000632. The number of amides is 1. The minimum atomic E-state index is -1.61. The van der Waals surface area contributed by atoms with Crippen molar-refractivity contribution < 1.29 is 24.2 Å². The lowest BCUT2D eigenvalue weighted by molar-refractivity contribution is -0.154. The van der Waals surface area contributed by atoms with E-state index in [1.165, 1.54) is 6.92 Å². The van der Waals surface area contributed by atoms with Gasteiger partial charge in [0.2, 0.25) is 0 Å². The summed E-state index contributed by atoms with van der Waals surface area (Å²) in [5, 5.41) is 12.6. The highest BCUT2D eigenvalue weighted by molar-refractivity contribution is 5.85. The van der Waals surface area contributed by atoms with Gasteiger partial charge in [0.05, 0.1) is 0 Å². The maximum absolute atomic E-state index is 12.3. The van der Waals surface area contributed by atoms with Gasteiger partial charge in [-0.3, -0.25) is 0 Å². The fourth-order valence-corrected chi connectivity index (χ4v) is 3.04. The van der Waals surface area contributed by atoms with Gasteiger partial charge in [-0.1, -0.05) is 45.9 Å². The van der Waals surface area contributed by atoms with Crippen LogP contribution in [0.3, 0.4) is 0 Å². The molecule has 1 aromatic rings. The Hall–Kier alpha value is -2.24. The summed E-state index contributed by atoms with van der Waals surface area (Å²) in [5.41, 5.74) is -3.30. The zero-order valence-corrected chi connectivity index (χ0v) is 17.6. The summed E-state index contributed by atoms with van der Waals surface area (Å²) in [4.78, 5) is 24.6. The van der Waals surface area contributed by atoms with Crippen molar-refractivity contribution in [1.29, 1.82) is 0 Å². The highest BCUT2D eigenvalue weighted by Crippen LogP contribution is 2.40. The van der Waals surface area contributed by atoms with Crippen molar-refractivity contribution in [3.8, 4) is 5.75 Å². The van der Waals surface area contributed by atoms with E-state index in [0.29, 0.717) is 5.75 Å². The maximum atomic E-state index is 12.3. The number of para-hydroxylation sites is 1. The largest absolute Gasteiger partial charge is 0.490 e. The van der Waals surface area contributed by atoms with Crippen molar-refractivity contribution in [1.82, 2.24) is 5.32 Å². The molecular weight excluding hydrogens is 346 g/mol. The molecule has 27 heavy (non-hydrogen) atoms. The van der Waals surface area contributed by atoms with Crippen molar-refractivity contribution in [2.45, 2.75) is 72.6 Å². The summed E-state index contributed by atoms with van der Waals surface area (Å²) in [7, 11) is 0. The predicted molar refractivity (Wildman–Crippen MR) is 105 cm³/mol. The van der Waals surface area contributed by atoms with Crippen molar-refractivity contribution in [2.24, 2.45) is 11.3 Å². The number of hydrogen-bond acceptors (Lipinski definition) is 4. The van der Waals surface area contributed by atoms with Crippen LogP contribution in [0.25, 0.3) is 0 Å². The van der Waals surface area contributed by atoms with Gasteiger partial charge < -0.3 is 19.9 Å². The first kappa shape index (κ1) is 22.8. The third kappa shape index (κ3) is 5.62. The smallest absolute Gasteiger partial charge is 0.408 e. The third-order valence-corrected chi connectivity index (χ3v) is 4.79. The Morgan fingerprint density at radius 3 is 1.93 bits per heavy atom. The Balaban J connectivity index is 3.23. The number of carboxylic acids is 1. The topological polar surface area (TPSA) is 84.9 Å². The van der Waals surface area contributed by atoms with E-state index >= 15 is 0 Å². The van der Waals surface area contributed by atoms with Gasteiger partial charge in [0, 0.05) is 5.41 Å².